The van der Waals surface area contributed by atoms with Gasteiger partial charge in [0.2, 0.25) is 0 Å². The SMILES string of the molecule is CC1CCC(N2CCCC(C(C)CC(=O)O)C2)CC1. The van der Waals surface area contributed by atoms with Gasteiger partial charge in [0.15, 0.2) is 0 Å². The average molecular weight is 267 g/mol. The van der Waals surface area contributed by atoms with E-state index in [0.29, 0.717) is 18.3 Å². The topological polar surface area (TPSA) is 40.5 Å². The van der Waals surface area contributed by atoms with Crippen molar-refractivity contribution in [1.82, 2.24) is 4.90 Å². The van der Waals surface area contributed by atoms with Crippen LogP contribution in [0.4, 0.5) is 0 Å². The van der Waals surface area contributed by atoms with E-state index in [4.69, 9.17) is 5.11 Å². The lowest BCUT2D eigenvalue weighted by Gasteiger charge is -2.42. The molecule has 2 atom stereocenters. The number of carbonyl (C=O) groups is 1. The molecule has 2 aliphatic rings. The summed E-state index contributed by atoms with van der Waals surface area (Å²) in [5.41, 5.74) is 0. The molecule has 0 aromatic carbocycles. The fourth-order valence-corrected chi connectivity index (χ4v) is 3.89. The minimum absolute atomic E-state index is 0.322. The summed E-state index contributed by atoms with van der Waals surface area (Å²) < 4.78 is 0. The van der Waals surface area contributed by atoms with Crippen molar-refractivity contribution in [2.24, 2.45) is 17.8 Å². The number of nitrogens with zero attached hydrogens (tertiary/aromatic N) is 1. The summed E-state index contributed by atoms with van der Waals surface area (Å²) in [6, 6.07) is 0.774. The molecule has 2 fully saturated rings. The maximum Gasteiger partial charge on any atom is 0.303 e. The van der Waals surface area contributed by atoms with E-state index in [2.05, 4.69) is 18.7 Å². The van der Waals surface area contributed by atoms with Crippen LogP contribution in [0.25, 0.3) is 0 Å². The Morgan fingerprint density at radius 3 is 2.58 bits per heavy atom. The van der Waals surface area contributed by atoms with Crippen molar-refractivity contribution in [3.05, 3.63) is 0 Å². The maximum absolute atomic E-state index is 10.9. The number of carboxylic acid groups (broad SMARTS) is 1. The number of hydrogen-bond donors (Lipinski definition) is 1. The standard InChI is InChI=1S/C16H29NO2/c1-12-5-7-15(8-6-12)17-9-3-4-14(11-17)13(2)10-16(18)19/h12-15H,3-11H2,1-2H3,(H,18,19). The normalized spacial score (nSPS) is 34.9. The monoisotopic (exact) mass is 267 g/mol. The van der Waals surface area contributed by atoms with Crippen molar-refractivity contribution in [3.8, 4) is 0 Å². The van der Waals surface area contributed by atoms with Crippen LogP contribution in [0.1, 0.15) is 58.8 Å². The Hall–Kier alpha value is -0.570. The summed E-state index contributed by atoms with van der Waals surface area (Å²) in [5, 5.41) is 8.94. The predicted molar refractivity (Wildman–Crippen MR) is 77.1 cm³/mol. The molecule has 1 heterocycles. The van der Waals surface area contributed by atoms with Crippen molar-refractivity contribution >= 4 is 5.97 Å². The summed E-state index contributed by atoms with van der Waals surface area (Å²) in [4.78, 5) is 13.5. The van der Waals surface area contributed by atoms with Crippen LogP contribution in [0.15, 0.2) is 0 Å². The van der Waals surface area contributed by atoms with E-state index in [9.17, 15) is 4.79 Å². The highest BCUT2D eigenvalue weighted by Gasteiger charge is 2.31. The first kappa shape index (κ1) is 14.8. The number of rotatable bonds is 4. The van der Waals surface area contributed by atoms with Crippen LogP contribution >= 0.6 is 0 Å². The fraction of sp³-hybridized carbons (Fsp3) is 0.938. The highest BCUT2D eigenvalue weighted by molar-refractivity contribution is 5.67. The van der Waals surface area contributed by atoms with E-state index in [1.165, 1.54) is 45.1 Å². The molecule has 1 saturated carbocycles. The molecule has 0 spiro atoms. The summed E-state index contributed by atoms with van der Waals surface area (Å²) in [6.07, 6.45) is 8.24. The molecule has 1 saturated heterocycles. The average Bonchev–Trinajstić information content (AvgIpc) is 2.39. The van der Waals surface area contributed by atoms with Gasteiger partial charge in [-0.25, -0.2) is 0 Å². The molecule has 0 aromatic heterocycles. The van der Waals surface area contributed by atoms with Gasteiger partial charge in [0.05, 0.1) is 0 Å². The third-order valence-electron chi connectivity index (χ3n) is 5.29. The van der Waals surface area contributed by atoms with Crippen LogP contribution in [-0.2, 0) is 4.79 Å². The summed E-state index contributed by atoms with van der Waals surface area (Å²) in [6.45, 7) is 6.85. The van der Waals surface area contributed by atoms with Crippen LogP contribution in [0.2, 0.25) is 0 Å². The first-order valence-corrected chi connectivity index (χ1v) is 8.02. The number of carboxylic acids is 1. The molecule has 1 aliphatic heterocycles. The molecule has 2 rings (SSSR count). The largest absolute Gasteiger partial charge is 0.481 e. The number of aliphatic carboxylic acids is 1. The molecule has 0 aromatic rings. The molecule has 3 heteroatoms. The van der Waals surface area contributed by atoms with Gasteiger partial charge in [-0.1, -0.05) is 13.8 Å². The fourth-order valence-electron chi connectivity index (χ4n) is 3.89. The van der Waals surface area contributed by atoms with E-state index in [1.807, 2.05) is 0 Å². The van der Waals surface area contributed by atoms with E-state index >= 15 is 0 Å². The van der Waals surface area contributed by atoms with Gasteiger partial charge < -0.3 is 10.0 Å². The number of likely N-dealkylation sites (tertiary alicyclic amines) is 1. The van der Waals surface area contributed by atoms with Gasteiger partial charge in [0.25, 0.3) is 0 Å². The lowest BCUT2D eigenvalue weighted by molar-refractivity contribution is -0.138. The lowest BCUT2D eigenvalue weighted by Crippen LogP contribution is -2.45. The maximum atomic E-state index is 10.9. The van der Waals surface area contributed by atoms with Crippen LogP contribution in [-0.4, -0.2) is 35.1 Å². The Kier molecular flexibility index (Phi) is 5.26. The number of hydrogen-bond acceptors (Lipinski definition) is 2. The zero-order valence-electron chi connectivity index (χ0n) is 12.5. The Bertz CT molecular complexity index is 297. The smallest absolute Gasteiger partial charge is 0.303 e. The molecule has 1 N–H and O–H groups in total. The molecule has 0 radical (unpaired) electrons. The van der Waals surface area contributed by atoms with Gasteiger partial charge >= 0.3 is 5.97 Å². The summed E-state index contributed by atoms with van der Waals surface area (Å²) in [7, 11) is 0. The van der Waals surface area contributed by atoms with Crippen LogP contribution in [0.3, 0.4) is 0 Å². The quantitative estimate of drug-likeness (QED) is 0.849. The van der Waals surface area contributed by atoms with E-state index in [-0.39, 0.29) is 0 Å². The van der Waals surface area contributed by atoms with E-state index in [0.717, 1.165) is 18.5 Å². The van der Waals surface area contributed by atoms with Gasteiger partial charge in [-0.2, -0.15) is 0 Å². The minimum atomic E-state index is -0.642. The number of piperidine rings is 1. The molecular weight excluding hydrogens is 238 g/mol. The van der Waals surface area contributed by atoms with Gasteiger partial charge in [0.1, 0.15) is 0 Å². The second-order valence-electron chi connectivity index (χ2n) is 6.89. The zero-order chi connectivity index (χ0) is 13.8. The van der Waals surface area contributed by atoms with E-state index < -0.39 is 5.97 Å². The first-order valence-electron chi connectivity index (χ1n) is 8.02. The Morgan fingerprint density at radius 1 is 1.26 bits per heavy atom. The van der Waals surface area contributed by atoms with Crippen molar-refractivity contribution in [1.29, 1.82) is 0 Å². The van der Waals surface area contributed by atoms with Crippen LogP contribution < -0.4 is 0 Å². The van der Waals surface area contributed by atoms with Crippen molar-refractivity contribution < 1.29 is 9.90 Å². The van der Waals surface area contributed by atoms with Gasteiger partial charge in [-0.15, -0.1) is 0 Å². The van der Waals surface area contributed by atoms with Crippen LogP contribution in [0.5, 0.6) is 0 Å². The third kappa shape index (κ3) is 4.20. The van der Waals surface area contributed by atoms with Gasteiger partial charge in [-0.05, 0) is 62.8 Å². The molecule has 1 aliphatic carbocycles. The molecule has 19 heavy (non-hydrogen) atoms. The summed E-state index contributed by atoms with van der Waals surface area (Å²) in [5.74, 6) is 1.17. The molecule has 110 valence electrons. The summed E-state index contributed by atoms with van der Waals surface area (Å²) >= 11 is 0. The Labute approximate surface area is 117 Å². The molecule has 0 amide bonds. The van der Waals surface area contributed by atoms with Crippen molar-refractivity contribution in [3.63, 3.8) is 0 Å². The Morgan fingerprint density at radius 2 is 1.95 bits per heavy atom. The van der Waals surface area contributed by atoms with Gasteiger partial charge in [0, 0.05) is 19.0 Å². The highest BCUT2D eigenvalue weighted by atomic mass is 16.4. The second kappa shape index (κ2) is 6.74. The molecule has 0 bridgehead atoms. The molecule has 2 unspecified atom stereocenters. The Balaban J connectivity index is 1.84. The second-order valence-corrected chi connectivity index (χ2v) is 6.89. The first-order chi connectivity index (χ1) is 9.06. The minimum Gasteiger partial charge on any atom is -0.481 e. The van der Waals surface area contributed by atoms with Gasteiger partial charge in [-0.3, -0.25) is 4.79 Å². The van der Waals surface area contributed by atoms with Crippen LogP contribution in [0, 0.1) is 17.8 Å². The molecule has 3 nitrogen and oxygen atoms in total. The zero-order valence-corrected chi connectivity index (χ0v) is 12.5. The van der Waals surface area contributed by atoms with Crippen molar-refractivity contribution in [2.45, 2.75) is 64.8 Å². The predicted octanol–water partition coefficient (Wildman–Crippen LogP) is 3.39. The van der Waals surface area contributed by atoms with Crippen molar-refractivity contribution in [2.75, 3.05) is 13.1 Å². The lowest BCUT2D eigenvalue weighted by atomic mass is 9.81. The van der Waals surface area contributed by atoms with E-state index in [1.54, 1.807) is 0 Å². The third-order valence-corrected chi connectivity index (χ3v) is 5.29. The molecular formula is C16H29NO2. The highest BCUT2D eigenvalue weighted by Crippen LogP contribution is 2.32.